The lowest BCUT2D eigenvalue weighted by molar-refractivity contribution is 0.231. The van der Waals surface area contributed by atoms with Gasteiger partial charge in [0.1, 0.15) is 0 Å². The monoisotopic (exact) mass is 278 g/mol. The first-order valence-electron chi connectivity index (χ1n) is 6.23. The average molecular weight is 279 g/mol. The van der Waals surface area contributed by atoms with Crippen molar-refractivity contribution in [1.82, 2.24) is 0 Å². The molecule has 0 aliphatic rings. The Morgan fingerprint density at radius 2 is 1.68 bits per heavy atom. The van der Waals surface area contributed by atoms with Crippen molar-refractivity contribution in [2.75, 3.05) is 0 Å². The van der Waals surface area contributed by atoms with Crippen LogP contribution in [-0.2, 0) is 0 Å². The van der Waals surface area contributed by atoms with Crippen LogP contribution in [0.5, 0.6) is 5.75 Å². The highest BCUT2D eigenvalue weighted by atomic mass is 35.5. The molecule has 0 bridgehead atoms. The maximum atomic E-state index is 13.9. The van der Waals surface area contributed by atoms with Crippen LogP contribution in [-0.4, -0.2) is 6.10 Å². The molecule has 100 valence electrons. The summed E-state index contributed by atoms with van der Waals surface area (Å²) < 4.78 is 19.3. The number of halogens is 2. The Balaban J connectivity index is 2.25. The van der Waals surface area contributed by atoms with Gasteiger partial charge in [0.25, 0.3) is 0 Å². The van der Waals surface area contributed by atoms with Gasteiger partial charge in [-0.05, 0) is 37.1 Å². The number of hydrogen-bond acceptors (Lipinski definition) is 1. The van der Waals surface area contributed by atoms with Crippen molar-refractivity contribution in [3.8, 4) is 5.75 Å². The van der Waals surface area contributed by atoms with Gasteiger partial charge in [-0.3, -0.25) is 0 Å². The molecule has 3 heteroatoms. The van der Waals surface area contributed by atoms with Gasteiger partial charge in [0, 0.05) is 0 Å². The van der Waals surface area contributed by atoms with Gasteiger partial charge < -0.3 is 4.74 Å². The molecule has 2 aromatic carbocycles. The Hall–Kier alpha value is -1.54. The molecule has 0 aromatic heterocycles. The maximum absolute atomic E-state index is 13.9. The molecule has 0 saturated heterocycles. The fraction of sp³-hybridized carbons (Fsp3) is 0.250. The molecule has 0 N–H and O–H groups in total. The van der Waals surface area contributed by atoms with Crippen LogP contribution in [0.3, 0.4) is 0 Å². The molecule has 19 heavy (non-hydrogen) atoms. The third-order valence-electron chi connectivity index (χ3n) is 2.70. The minimum atomic E-state index is -0.382. The highest BCUT2D eigenvalue weighted by Crippen LogP contribution is 2.31. The molecule has 1 unspecified atom stereocenters. The third-order valence-corrected chi connectivity index (χ3v) is 3.21. The molecule has 0 heterocycles. The van der Waals surface area contributed by atoms with Crippen LogP contribution >= 0.6 is 11.6 Å². The summed E-state index contributed by atoms with van der Waals surface area (Å²) in [6, 6.07) is 14.5. The molecule has 0 aliphatic carbocycles. The number of hydrogen-bond donors (Lipinski definition) is 0. The van der Waals surface area contributed by atoms with Crippen molar-refractivity contribution in [3.05, 3.63) is 65.5 Å². The Labute approximate surface area is 118 Å². The van der Waals surface area contributed by atoms with Crippen LogP contribution in [0.25, 0.3) is 0 Å². The fourth-order valence-corrected chi connectivity index (χ4v) is 2.12. The first kappa shape index (κ1) is 13.9. The predicted molar refractivity (Wildman–Crippen MR) is 76.3 cm³/mol. The van der Waals surface area contributed by atoms with Gasteiger partial charge >= 0.3 is 0 Å². The van der Waals surface area contributed by atoms with Gasteiger partial charge in [-0.15, -0.1) is 11.6 Å². The second-order valence-electron chi connectivity index (χ2n) is 4.63. The van der Waals surface area contributed by atoms with E-state index >= 15 is 0 Å². The van der Waals surface area contributed by atoms with Crippen molar-refractivity contribution >= 4 is 11.6 Å². The Bertz CT molecular complexity index is 540. The summed E-state index contributed by atoms with van der Waals surface area (Å²) in [7, 11) is 0. The SMILES string of the molecule is CC(C)Oc1ccc(C(Cl)c2ccccc2)cc1F. The Kier molecular flexibility index (Phi) is 4.43. The van der Waals surface area contributed by atoms with E-state index in [1.807, 2.05) is 44.2 Å². The molecule has 1 atom stereocenters. The van der Waals surface area contributed by atoms with E-state index in [1.54, 1.807) is 12.1 Å². The first-order valence-corrected chi connectivity index (χ1v) is 6.66. The summed E-state index contributed by atoms with van der Waals surface area (Å²) in [6.07, 6.45) is -0.0544. The van der Waals surface area contributed by atoms with Crippen LogP contribution in [0.2, 0.25) is 0 Å². The standard InChI is InChI=1S/C16H16ClFO/c1-11(2)19-15-9-8-13(10-14(15)18)16(17)12-6-4-3-5-7-12/h3-11,16H,1-2H3. The average Bonchev–Trinajstić information content (AvgIpc) is 2.41. The molecule has 2 aromatic rings. The van der Waals surface area contributed by atoms with Gasteiger partial charge in [0.15, 0.2) is 11.6 Å². The molecular weight excluding hydrogens is 263 g/mol. The fourth-order valence-electron chi connectivity index (χ4n) is 1.84. The second-order valence-corrected chi connectivity index (χ2v) is 5.07. The number of ether oxygens (including phenoxy) is 1. The summed E-state index contributed by atoms with van der Waals surface area (Å²) in [5.41, 5.74) is 1.67. The highest BCUT2D eigenvalue weighted by molar-refractivity contribution is 6.22. The lowest BCUT2D eigenvalue weighted by Crippen LogP contribution is -2.07. The number of rotatable bonds is 4. The van der Waals surface area contributed by atoms with E-state index in [1.165, 1.54) is 6.07 Å². The minimum absolute atomic E-state index is 0.0544. The van der Waals surface area contributed by atoms with E-state index in [4.69, 9.17) is 16.3 Å². The molecule has 0 radical (unpaired) electrons. The number of alkyl halides is 1. The second kappa shape index (κ2) is 6.07. The summed E-state index contributed by atoms with van der Waals surface area (Å²) in [4.78, 5) is 0. The zero-order valence-corrected chi connectivity index (χ0v) is 11.7. The molecule has 2 rings (SSSR count). The molecule has 0 fully saturated rings. The number of benzene rings is 2. The smallest absolute Gasteiger partial charge is 0.165 e. The van der Waals surface area contributed by atoms with Crippen LogP contribution in [0, 0.1) is 5.82 Å². The van der Waals surface area contributed by atoms with Crippen molar-refractivity contribution in [1.29, 1.82) is 0 Å². The highest BCUT2D eigenvalue weighted by Gasteiger charge is 2.13. The van der Waals surface area contributed by atoms with E-state index in [2.05, 4.69) is 0 Å². The quantitative estimate of drug-likeness (QED) is 0.720. The van der Waals surface area contributed by atoms with E-state index < -0.39 is 0 Å². The van der Waals surface area contributed by atoms with E-state index in [0.29, 0.717) is 0 Å². The van der Waals surface area contributed by atoms with Crippen molar-refractivity contribution in [3.63, 3.8) is 0 Å². The Morgan fingerprint density at radius 3 is 2.26 bits per heavy atom. The van der Waals surface area contributed by atoms with Gasteiger partial charge in [0.05, 0.1) is 11.5 Å². The lowest BCUT2D eigenvalue weighted by atomic mass is 10.0. The van der Waals surface area contributed by atoms with Gasteiger partial charge in [-0.2, -0.15) is 0 Å². The maximum Gasteiger partial charge on any atom is 0.165 e. The van der Waals surface area contributed by atoms with Crippen LogP contribution in [0.4, 0.5) is 4.39 Å². The molecule has 0 saturated carbocycles. The van der Waals surface area contributed by atoms with Gasteiger partial charge in [0.2, 0.25) is 0 Å². The summed E-state index contributed by atoms with van der Waals surface area (Å²) in [5.74, 6) is -0.122. The van der Waals surface area contributed by atoms with Crippen molar-refractivity contribution in [2.24, 2.45) is 0 Å². The third kappa shape index (κ3) is 3.48. The van der Waals surface area contributed by atoms with Gasteiger partial charge in [-0.1, -0.05) is 36.4 Å². The zero-order valence-electron chi connectivity index (χ0n) is 10.9. The minimum Gasteiger partial charge on any atom is -0.488 e. The topological polar surface area (TPSA) is 9.23 Å². The Morgan fingerprint density at radius 1 is 1.00 bits per heavy atom. The summed E-state index contributed by atoms with van der Waals surface area (Å²) >= 11 is 6.35. The van der Waals surface area contributed by atoms with Crippen LogP contribution in [0.15, 0.2) is 48.5 Å². The predicted octanol–water partition coefficient (Wildman–Crippen LogP) is 4.94. The van der Waals surface area contributed by atoms with Crippen LogP contribution in [0.1, 0.15) is 30.4 Å². The molecular formula is C16H16ClFO. The van der Waals surface area contributed by atoms with E-state index in [0.717, 1.165) is 11.1 Å². The van der Waals surface area contributed by atoms with Crippen molar-refractivity contribution in [2.45, 2.75) is 25.3 Å². The van der Waals surface area contributed by atoms with E-state index in [-0.39, 0.29) is 23.0 Å². The molecule has 0 aliphatic heterocycles. The molecule has 1 nitrogen and oxygen atoms in total. The normalized spacial score (nSPS) is 12.5. The first-order chi connectivity index (χ1) is 9.08. The summed E-state index contributed by atoms with van der Waals surface area (Å²) in [6.45, 7) is 3.73. The molecule has 0 spiro atoms. The van der Waals surface area contributed by atoms with Crippen molar-refractivity contribution < 1.29 is 9.13 Å². The van der Waals surface area contributed by atoms with E-state index in [9.17, 15) is 4.39 Å². The van der Waals surface area contributed by atoms with Gasteiger partial charge in [-0.25, -0.2) is 4.39 Å². The van der Waals surface area contributed by atoms with Crippen LogP contribution < -0.4 is 4.74 Å². The molecule has 0 amide bonds. The summed E-state index contributed by atoms with van der Waals surface area (Å²) in [5, 5.41) is -0.358. The zero-order chi connectivity index (χ0) is 13.8. The largest absolute Gasteiger partial charge is 0.488 e. The lowest BCUT2D eigenvalue weighted by Gasteiger charge is -2.14.